The van der Waals surface area contributed by atoms with E-state index in [9.17, 15) is 30.0 Å². The fraction of sp³-hybridized carbons (Fsp3) is 0.923. The summed E-state index contributed by atoms with van der Waals surface area (Å²) >= 11 is 0. The highest BCUT2D eigenvalue weighted by Gasteiger charge is 2.22. The van der Waals surface area contributed by atoms with E-state index in [0.29, 0.717) is 52.1 Å². The minimum Gasteiger partial charge on any atom is -0.392 e. The lowest BCUT2D eigenvalue weighted by Gasteiger charge is -2.27. The number of aliphatic hydroxyl groups is 4. The summed E-state index contributed by atoms with van der Waals surface area (Å²) in [6, 6.07) is -0.620. The van der Waals surface area contributed by atoms with Crippen molar-refractivity contribution in [2.24, 2.45) is 0 Å². The number of unbranched alkanes of at least 4 members (excludes halogenated alkanes) is 35. The molecule has 2 amide bonds. The van der Waals surface area contributed by atoms with Crippen LogP contribution in [-0.4, -0.2) is 154 Å². The minimum atomic E-state index is -0.620. The predicted molar refractivity (Wildman–Crippen MR) is 402 cm³/mol. The number of carbonyl (C=O) groups excluding carboxylic acids is 2. The monoisotopic (exact) mass is 1320 g/mol. The number of allylic oxidation sites excluding steroid dienone is 4. The van der Waals surface area contributed by atoms with Crippen LogP contribution in [-0.2, 0) is 9.59 Å². The summed E-state index contributed by atoms with van der Waals surface area (Å²) in [5.41, 5.74) is 0. The van der Waals surface area contributed by atoms with Gasteiger partial charge >= 0.3 is 0 Å². The van der Waals surface area contributed by atoms with Crippen molar-refractivity contribution in [3.63, 3.8) is 0 Å². The zero-order chi connectivity index (χ0) is 66.6. The van der Waals surface area contributed by atoms with Crippen molar-refractivity contribution in [1.82, 2.24) is 25.3 Å². The molecule has 540 valence electrons. The Balaban J connectivity index is 5.40. The van der Waals surface area contributed by atoms with Crippen LogP contribution in [0.1, 0.15) is 356 Å². The van der Waals surface area contributed by atoms with Crippen molar-refractivity contribution in [2.75, 3.05) is 77.0 Å². The molecule has 13 heteroatoms. The SMILES string of the molecule is CCCCCCCC/C=C\CCCCCCC(O)CN(CCCCSSCCC(NC(=O)CCCN(CC(O)CCCCCCCCCC)CC(O)CCCCCCCCCC)C(=O)NCCN(CC)CC)CC(O)CCCCCC/C=C\CCCCCCCC. The summed E-state index contributed by atoms with van der Waals surface area (Å²) < 4.78 is 0. The Morgan fingerprint density at radius 2 is 0.670 bits per heavy atom. The number of nitrogens with zero attached hydrogens (tertiary/aromatic N) is 3. The second-order valence-electron chi connectivity index (χ2n) is 27.4. The highest BCUT2D eigenvalue weighted by molar-refractivity contribution is 8.76. The van der Waals surface area contributed by atoms with Crippen LogP contribution in [0, 0.1) is 0 Å². The van der Waals surface area contributed by atoms with Gasteiger partial charge in [-0.05, 0) is 129 Å². The standard InChI is InChI=1S/C78H155N5O6S2/c1-7-13-17-21-25-29-31-33-35-37-39-43-47-51-56-72(84)68-82(69-73(85)57-52-48-44-40-38-36-34-32-30-26-22-18-14-8-2)63-53-54-66-90-91-67-61-76(78(89)79-62-65-81(11-5)12-6)80-77(88)60-55-64-83(70-74(86)58-49-45-41-27-23-19-15-9-3)71-75(87)59-50-46-42-28-24-20-16-10-4/h33-36,72-76,84-87H,7-32,37-71H2,1-6H3,(H,79,89)(H,80,88)/b35-33-,36-34-. The van der Waals surface area contributed by atoms with E-state index < -0.39 is 18.2 Å². The molecule has 0 radical (unpaired) electrons. The lowest BCUT2D eigenvalue weighted by Crippen LogP contribution is -2.48. The topological polar surface area (TPSA) is 149 Å². The molecule has 11 nitrogen and oxygen atoms in total. The number of hydrogen-bond donors (Lipinski definition) is 6. The fourth-order valence-electron chi connectivity index (χ4n) is 12.4. The Bertz CT molecular complexity index is 1490. The molecule has 6 N–H and O–H groups in total. The predicted octanol–water partition coefficient (Wildman–Crippen LogP) is 19.7. The second kappa shape index (κ2) is 71.6. The van der Waals surface area contributed by atoms with Gasteiger partial charge in [-0.25, -0.2) is 0 Å². The number of likely N-dealkylation sites (N-methyl/N-ethyl adjacent to an activating group) is 1. The maximum absolute atomic E-state index is 13.7. The first-order valence-electron chi connectivity index (χ1n) is 39.5. The third kappa shape index (κ3) is 64.6. The lowest BCUT2D eigenvalue weighted by atomic mass is 10.0. The van der Waals surface area contributed by atoms with Gasteiger partial charge in [-0.1, -0.05) is 293 Å². The van der Waals surface area contributed by atoms with E-state index >= 15 is 0 Å². The molecule has 0 bridgehead atoms. The zero-order valence-corrected chi connectivity index (χ0v) is 62.7. The molecule has 0 spiro atoms. The average molecular weight is 1320 g/mol. The van der Waals surface area contributed by atoms with Gasteiger partial charge in [-0.15, -0.1) is 0 Å². The summed E-state index contributed by atoms with van der Waals surface area (Å²) in [7, 11) is 3.59. The summed E-state index contributed by atoms with van der Waals surface area (Å²) in [5, 5.41) is 51.2. The number of nitrogens with one attached hydrogen (secondary N) is 2. The number of carbonyl (C=O) groups is 2. The Kier molecular flexibility index (Phi) is 70.7. The number of rotatable bonds is 74. The molecule has 5 unspecified atom stereocenters. The van der Waals surface area contributed by atoms with Crippen LogP contribution in [0.15, 0.2) is 24.3 Å². The Hall–Kier alpha value is -1.16. The van der Waals surface area contributed by atoms with Gasteiger partial charge in [0.2, 0.25) is 11.8 Å². The van der Waals surface area contributed by atoms with Gasteiger partial charge in [-0.2, -0.15) is 0 Å². The number of hydrogen-bond acceptors (Lipinski definition) is 11. The van der Waals surface area contributed by atoms with E-state index in [1.807, 2.05) is 10.8 Å². The van der Waals surface area contributed by atoms with Crippen molar-refractivity contribution in [3.05, 3.63) is 24.3 Å². The molecule has 0 saturated heterocycles. The van der Waals surface area contributed by atoms with Gasteiger partial charge in [-0.3, -0.25) is 19.4 Å². The quantitative estimate of drug-likeness (QED) is 0.0196. The van der Waals surface area contributed by atoms with Crippen molar-refractivity contribution >= 4 is 33.4 Å². The molecule has 0 rings (SSSR count). The van der Waals surface area contributed by atoms with Crippen LogP contribution in [0.4, 0.5) is 0 Å². The van der Waals surface area contributed by atoms with Gasteiger partial charge in [0.25, 0.3) is 0 Å². The molecular formula is C78H155N5O6S2. The van der Waals surface area contributed by atoms with Gasteiger partial charge in [0.1, 0.15) is 6.04 Å². The largest absolute Gasteiger partial charge is 0.392 e. The van der Waals surface area contributed by atoms with Crippen molar-refractivity contribution in [2.45, 2.75) is 387 Å². The molecule has 0 aromatic rings. The van der Waals surface area contributed by atoms with E-state index in [-0.39, 0.29) is 30.4 Å². The molecule has 0 heterocycles. The van der Waals surface area contributed by atoms with E-state index in [1.165, 1.54) is 193 Å². The van der Waals surface area contributed by atoms with Gasteiger partial charge in [0, 0.05) is 57.2 Å². The summed E-state index contributed by atoms with van der Waals surface area (Å²) in [6.45, 7) is 20.1. The molecule has 91 heavy (non-hydrogen) atoms. The summed E-state index contributed by atoms with van der Waals surface area (Å²) in [5.74, 6) is 1.44. The first-order valence-corrected chi connectivity index (χ1v) is 42.0. The van der Waals surface area contributed by atoms with Crippen molar-refractivity contribution < 1.29 is 30.0 Å². The van der Waals surface area contributed by atoms with Crippen LogP contribution >= 0.6 is 21.6 Å². The molecule has 0 aromatic heterocycles. The van der Waals surface area contributed by atoms with Crippen LogP contribution in [0.5, 0.6) is 0 Å². The molecule has 0 aliphatic heterocycles. The molecule has 0 aromatic carbocycles. The highest BCUT2D eigenvalue weighted by atomic mass is 33.1. The third-order valence-corrected chi connectivity index (χ3v) is 21.0. The third-order valence-electron chi connectivity index (χ3n) is 18.4. The molecule has 0 aliphatic rings. The van der Waals surface area contributed by atoms with Crippen LogP contribution < -0.4 is 10.6 Å². The van der Waals surface area contributed by atoms with E-state index in [0.717, 1.165) is 140 Å². The number of aliphatic hydroxyl groups excluding tert-OH is 4. The molecule has 0 fully saturated rings. The van der Waals surface area contributed by atoms with E-state index in [4.69, 9.17) is 0 Å². The fourth-order valence-corrected chi connectivity index (χ4v) is 14.7. The van der Waals surface area contributed by atoms with Gasteiger partial charge < -0.3 is 36.0 Å². The molecule has 5 atom stereocenters. The van der Waals surface area contributed by atoms with Crippen LogP contribution in [0.3, 0.4) is 0 Å². The smallest absolute Gasteiger partial charge is 0.242 e. The van der Waals surface area contributed by atoms with Crippen LogP contribution in [0.2, 0.25) is 0 Å². The Morgan fingerprint density at radius 1 is 0.352 bits per heavy atom. The zero-order valence-electron chi connectivity index (χ0n) is 61.1. The van der Waals surface area contributed by atoms with E-state index in [1.54, 1.807) is 10.8 Å². The van der Waals surface area contributed by atoms with Crippen LogP contribution in [0.25, 0.3) is 0 Å². The lowest BCUT2D eigenvalue weighted by molar-refractivity contribution is -0.129. The summed E-state index contributed by atoms with van der Waals surface area (Å²) in [4.78, 5) is 34.2. The van der Waals surface area contributed by atoms with Gasteiger partial charge in [0.05, 0.1) is 24.4 Å². The minimum absolute atomic E-state index is 0.130. The first kappa shape index (κ1) is 89.8. The highest BCUT2D eigenvalue weighted by Crippen LogP contribution is 2.25. The normalized spacial score (nSPS) is 13.8. The second-order valence-corrected chi connectivity index (χ2v) is 30.1. The van der Waals surface area contributed by atoms with Crippen molar-refractivity contribution in [1.29, 1.82) is 0 Å². The van der Waals surface area contributed by atoms with Crippen molar-refractivity contribution in [3.8, 4) is 0 Å². The summed E-state index contributed by atoms with van der Waals surface area (Å²) in [6.07, 6.45) is 64.2. The number of amides is 2. The molecule has 0 aliphatic carbocycles. The molecular weight excluding hydrogens is 1170 g/mol. The Labute approximate surface area is 573 Å². The first-order chi connectivity index (χ1) is 44.5. The molecule has 0 saturated carbocycles. The van der Waals surface area contributed by atoms with E-state index in [2.05, 4.69) is 91.2 Å². The average Bonchev–Trinajstić information content (AvgIpc) is 3.55. The maximum Gasteiger partial charge on any atom is 0.242 e. The Morgan fingerprint density at radius 3 is 1.02 bits per heavy atom. The van der Waals surface area contributed by atoms with Gasteiger partial charge in [0.15, 0.2) is 0 Å². The maximum atomic E-state index is 13.7.